The summed E-state index contributed by atoms with van der Waals surface area (Å²) < 4.78 is 29.7. The lowest BCUT2D eigenvalue weighted by atomic mass is 10.2. The summed E-state index contributed by atoms with van der Waals surface area (Å²) in [6.45, 7) is 8.97. The minimum Gasteiger partial charge on any atom is -0.276 e. The molecule has 1 heterocycles. The Balaban J connectivity index is 2.51. The van der Waals surface area contributed by atoms with Crippen molar-refractivity contribution in [3.8, 4) is 0 Å². The zero-order valence-corrected chi connectivity index (χ0v) is 15.0. The lowest BCUT2D eigenvalue weighted by molar-refractivity contribution is -0.385. The molecule has 0 aliphatic heterocycles. The van der Waals surface area contributed by atoms with E-state index in [2.05, 4.69) is 9.82 Å². The summed E-state index contributed by atoms with van der Waals surface area (Å²) in [6, 6.07) is 3.85. The molecule has 9 heteroatoms. The van der Waals surface area contributed by atoms with Crippen molar-refractivity contribution in [3.63, 3.8) is 0 Å². The van der Waals surface area contributed by atoms with Crippen LogP contribution in [0.15, 0.2) is 23.1 Å². The second-order valence-electron chi connectivity index (χ2n) is 5.90. The van der Waals surface area contributed by atoms with Crippen molar-refractivity contribution in [2.75, 3.05) is 4.72 Å². The third kappa shape index (κ3) is 3.25. The number of anilines is 1. The molecule has 1 aromatic carbocycles. The van der Waals surface area contributed by atoms with Gasteiger partial charge in [-0.15, -0.1) is 0 Å². The standard InChI is InChI=1S/C15H20N4O4S/c1-9(2)18-12(5)15(11(4)16-18)17-24(22,23)14-8-13(19(20)21)7-6-10(14)3/h6-9,17H,1-5H3. The van der Waals surface area contributed by atoms with Gasteiger partial charge >= 0.3 is 0 Å². The highest BCUT2D eigenvalue weighted by atomic mass is 32.2. The fraction of sp³-hybridized carbons (Fsp3) is 0.400. The van der Waals surface area contributed by atoms with Gasteiger partial charge in [0.05, 0.1) is 26.9 Å². The molecule has 0 unspecified atom stereocenters. The first-order chi connectivity index (χ1) is 11.0. The number of aromatic nitrogens is 2. The summed E-state index contributed by atoms with van der Waals surface area (Å²) in [7, 11) is -3.97. The summed E-state index contributed by atoms with van der Waals surface area (Å²) >= 11 is 0. The third-order valence-electron chi connectivity index (χ3n) is 3.72. The lowest BCUT2D eigenvalue weighted by Gasteiger charge is -2.12. The van der Waals surface area contributed by atoms with E-state index in [9.17, 15) is 18.5 Å². The Labute approximate surface area is 140 Å². The van der Waals surface area contributed by atoms with Crippen molar-refractivity contribution in [1.29, 1.82) is 0 Å². The molecule has 0 aliphatic carbocycles. The zero-order valence-electron chi connectivity index (χ0n) is 14.2. The number of nitrogens with one attached hydrogen (secondary N) is 1. The normalized spacial score (nSPS) is 11.8. The van der Waals surface area contributed by atoms with Crippen molar-refractivity contribution >= 4 is 21.4 Å². The van der Waals surface area contributed by atoms with E-state index in [1.54, 1.807) is 25.5 Å². The molecule has 0 atom stereocenters. The van der Waals surface area contributed by atoms with Crippen LogP contribution in [0.25, 0.3) is 0 Å². The first-order valence-corrected chi connectivity index (χ1v) is 8.86. The van der Waals surface area contributed by atoms with E-state index in [4.69, 9.17) is 0 Å². The van der Waals surface area contributed by atoms with Crippen LogP contribution in [0.5, 0.6) is 0 Å². The van der Waals surface area contributed by atoms with Gasteiger partial charge in [0.1, 0.15) is 0 Å². The maximum atomic E-state index is 12.7. The number of non-ortho nitro benzene ring substituents is 1. The van der Waals surface area contributed by atoms with Crippen LogP contribution in [0.1, 0.15) is 36.8 Å². The van der Waals surface area contributed by atoms with E-state index >= 15 is 0 Å². The van der Waals surface area contributed by atoms with Gasteiger partial charge in [0.25, 0.3) is 15.7 Å². The van der Waals surface area contributed by atoms with Crippen molar-refractivity contribution < 1.29 is 13.3 Å². The highest BCUT2D eigenvalue weighted by molar-refractivity contribution is 7.92. The second-order valence-corrected chi connectivity index (χ2v) is 7.55. The third-order valence-corrected chi connectivity index (χ3v) is 5.21. The van der Waals surface area contributed by atoms with Crippen LogP contribution < -0.4 is 4.72 Å². The van der Waals surface area contributed by atoms with Gasteiger partial charge in [-0.25, -0.2) is 8.42 Å². The SMILES string of the molecule is Cc1ccc([N+](=O)[O-])cc1S(=O)(=O)Nc1c(C)nn(C(C)C)c1C. The maximum absolute atomic E-state index is 12.7. The van der Waals surface area contributed by atoms with Gasteiger partial charge < -0.3 is 0 Å². The quantitative estimate of drug-likeness (QED) is 0.657. The summed E-state index contributed by atoms with van der Waals surface area (Å²) in [5, 5.41) is 15.3. The Morgan fingerprint density at radius 1 is 1.25 bits per heavy atom. The molecule has 2 rings (SSSR count). The molecular weight excluding hydrogens is 332 g/mol. The fourth-order valence-corrected chi connectivity index (χ4v) is 3.94. The van der Waals surface area contributed by atoms with Crippen molar-refractivity contribution in [2.45, 2.75) is 45.6 Å². The zero-order chi connectivity index (χ0) is 18.2. The molecule has 8 nitrogen and oxygen atoms in total. The van der Waals surface area contributed by atoms with Gasteiger partial charge in [-0.1, -0.05) is 6.07 Å². The first kappa shape index (κ1) is 17.9. The Morgan fingerprint density at radius 3 is 2.38 bits per heavy atom. The van der Waals surface area contributed by atoms with Crippen molar-refractivity contribution in [3.05, 3.63) is 45.3 Å². The largest absolute Gasteiger partial charge is 0.276 e. The summed E-state index contributed by atoms with van der Waals surface area (Å²) in [5.74, 6) is 0. The van der Waals surface area contributed by atoms with Crippen LogP contribution in [0.4, 0.5) is 11.4 Å². The number of rotatable bonds is 5. The van der Waals surface area contributed by atoms with Gasteiger partial charge in [-0.2, -0.15) is 5.10 Å². The number of aryl methyl sites for hydroxylation is 2. The Hall–Kier alpha value is -2.42. The fourth-order valence-electron chi connectivity index (χ4n) is 2.49. The summed E-state index contributed by atoms with van der Waals surface area (Å²) in [4.78, 5) is 10.2. The monoisotopic (exact) mass is 352 g/mol. The number of nitro benzene ring substituents is 1. The van der Waals surface area contributed by atoms with Crippen LogP contribution >= 0.6 is 0 Å². The molecule has 0 aliphatic rings. The number of nitro groups is 1. The second kappa shape index (κ2) is 6.23. The number of hydrogen-bond donors (Lipinski definition) is 1. The average molecular weight is 352 g/mol. The Morgan fingerprint density at radius 2 is 1.88 bits per heavy atom. The molecule has 1 aromatic heterocycles. The Bertz CT molecular complexity index is 900. The van der Waals surface area contributed by atoms with Gasteiger partial charge in [-0.05, 0) is 40.2 Å². The van der Waals surface area contributed by atoms with Crippen LogP contribution in [0.2, 0.25) is 0 Å². The summed E-state index contributed by atoms with van der Waals surface area (Å²) in [6.07, 6.45) is 0. The predicted molar refractivity (Wildman–Crippen MR) is 90.7 cm³/mol. The van der Waals surface area contributed by atoms with E-state index in [0.29, 0.717) is 22.6 Å². The van der Waals surface area contributed by atoms with E-state index < -0.39 is 14.9 Å². The van der Waals surface area contributed by atoms with E-state index in [1.807, 2.05) is 13.8 Å². The van der Waals surface area contributed by atoms with Gasteiger partial charge in [0.2, 0.25) is 0 Å². The number of benzene rings is 1. The highest BCUT2D eigenvalue weighted by Gasteiger charge is 2.24. The number of sulfonamides is 1. The molecule has 24 heavy (non-hydrogen) atoms. The molecule has 0 spiro atoms. The maximum Gasteiger partial charge on any atom is 0.270 e. The molecule has 0 saturated carbocycles. The van der Waals surface area contributed by atoms with Crippen molar-refractivity contribution in [2.24, 2.45) is 0 Å². The van der Waals surface area contributed by atoms with Crippen LogP contribution in [0, 0.1) is 30.9 Å². The van der Waals surface area contributed by atoms with E-state index in [1.165, 1.54) is 12.1 Å². The molecule has 0 fully saturated rings. The summed E-state index contributed by atoms with van der Waals surface area (Å²) in [5.41, 5.74) is 1.79. The van der Waals surface area contributed by atoms with E-state index in [-0.39, 0.29) is 16.6 Å². The molecule has 2 aromatic rings. The molecule has 130 valence electrons. The molecule has 0 bridgehead atoms. The van der Waals surface area contributed by atoms with Crippen LogP contribution in [0.3, 0.4) is 0 Å². The van der Waals surface area contributed by atoms with Gasteiger partial charge in [0.15, 0.2) is 0 Å². The smallest absolute Gasteiger partial charge is 0.270 e. The van der Waals surface area contributed by atoms with Crippen LogP contribution in [-0.4, -0.2) is 23.1 Å². The van der Waals surface area contributed by atoms with Gasteiger partial charge in [0, 0.05) is 18.2 Å². The lowest BCUT2D eigenvalue weighted by Crippen LogP contribution is -2.16. The molecule has 0 saturated heterocycles. The van der Waals surface area contributed by atoms with Gasteiger partial charge in [-0.3, -0.25) is 19.5 Å². The average Bonchev–Trinajstić information content (AvgIpc) is 2.75. The van der Waals surface area contributed by atoms with E-state index in [0.717, 1.165) is 6.07 Å². The topological polar surface area (TPSA) is 107 Å². The molecule has 0 radical (unpaired) electrons. The minimum atomic E-state index is -3.97. The minimum absolute atomic E-state index is 0.0847. The van der Waals surface area contributed by atoms with Crippen molar-refractivity contribution in [1.82, 2.24) is 9.78 Å². The molecule has 1 N–H and O–H groups in total. The predicted octanol–water partition coefficient (Wildman–Crippen LogP) is 3.10. The number of hydrogen-bond acceptors (Lipinski definition) is 5. The first-order valence-electron chi connectivity index (χ1n) is 7.38. The van der Waals surface area contributed by atoms with Crippen LogP contribution in [-0.2, 0) is 10.0 Å². The Kier molecular flexibility index (Phi) is 4.66. The number of nitrogens with zero attached hydrogens (tertiary/aromatic N) is 3. The molecule has 0 amide bonds. The highest BCUT2D eigenvalue weighted by Crippen LogP contribution is 2.28. The molecular formula is C15H20N4O4S.